The Kier molecular flexibility index (Phi) is 5.87. The zero-order chi connectivity index (χ0) is 18.6. The molecule has 1 aliphatic rings. The number of ether oxygens (including phenoxy) is 1. The largest absolute Gasteiger partial charge is 0.381 e. The van der Waals surface area contributed by atoms with Gasteiger partial charge in [0.1, 0.15) is 0 Å². The first-order valence-electron chi connectivity index (χ1n) is 8.12. The molecule has 1 fully saturated rings. The number of nitrogens with one attached hydrogen (secondary N) is 2. The molecule has 10 heteroatoms. The van der Waals surface area contributed by atoms with Crippen molar-refractivity contribution < 1.29 is 17.9 Å². The van der Waals surface area contributed by atoms with Gasteiger partial charge in [-0.15, -0.1) is 11.3 Å². The molecule has 1 amide bonds. The Morgan fingerprint density at radius 1 is 1.35 bits per heavy atom. The van der Waals surface area contributed by atoms with Gasteiger partial charge in [-0.2, -0.15) is 0 Å². The van der Waals surface area contributed by atoms with Gasteiger partial charge in [-0.3, -0.25) is 9.52 Å². The monoisotopic (exact) mass is 396 g/mol. The Bertz CT molecular complexity index is 849. The number of carbonyl (C=O) groups excluding carboxylic acids is 1. The Balaban J connectivity index is 1.69. The van der Waals surface area contributed by atoms with E-state index >= 15 is 0 Å². The van der Waals surface area contributed by atoms with Crippen molar-refractivity contribution >= 4 is 38.1 Å². The van der Waals surface area contributed by atoms with Crippen molar-refractivity contribution in [2.24, 2.45) is 11.7 Å². The van der Waals surface area contributed by atoms with Gasteiger partial charge in [0, 0.05) is 30.5 Å². The number of rotatable bonds is 6. The van der Waals surface area contributed by atoms with E-state index in [9.17, 15) is 13.2 Å². The third-order valence-electron chi connectivity index (χ3n) is 4.14. The number of hydrogen-bond donors (Lipinski definition) is 3. The van der Waals surface area contributed by atoms with Crippen LogP contribution in [0.15, 0.2) is 40.7 Å². The molecule has 4 N–H and O–H groups in total. The zero-order valence-corrected chi connectivity index (χ0v) is 15.6. The highest BCUT2D eigenvalue weighted by Crippen LogP contribution is 2.22. The summed E-state index contributed by atoms with van der Waals surface area (Å²) in [6, 6.07) is 5.37. The summed E-state index contributed by atoms with van der Waals surface area (Å²) in [6.07, 6.45) is 2.98. The number of carbonyl (C=O) groups is 1. The van der Waals surface area contributed by atoms with Gasteiger partial charge in [-0.1, -0.05) is 6.07 Å². The van der Waals surface area contributed by atoms with Gasteiger partial charge in [0.05, 0.1) is 10.9 Å². The second-order valence-electron chi connectivity index (χ2n) is 5.94. The quantitative estimate of drug-likeness (QED) is 0.682. The topological polar surface area (TPSA) is 123 Å². The van der Waals surface area contributed by atoms with Crippen LogP contribution < -0.4 is 15.8 Å². The first-order chi connectivity index (χ1) is 12.5. The third-order valence-corrected chi connectivity index (χ3v) is 6.30. The summed E-state index contributed by atoms with van der Waals surface area (Å²) in [4.78, 5) is 16.3. The minimum absolute atomic E-state index is 0.0325. The van der Waals surface area contributed by atoms with Gasteiger partial charge in [-0.05, 0) is 37.0 Å². The van der Waals surface area contributed by atoms with E-state index in [1.165, 1.54) is 29.7 Å². The second kappa shape index (κ2) is 8.12. The number of nitrogens with zero attached hydrogens (tertiary/aromatic N) is 1. The number of thiazole rings is 1. The van der Waals surface area contributed by atoms with Crippen molar-refractivity contribution in [3.63, 3.8) is 0 Å². The first kappa shape index (κ1) is 18.8. The Morgan fingerprint density at radius 2 is 2.12 bits per heavy atom. The van der Waals surface area contributed by atoms with Crippen LogP contribution in [0.1, 0.15) is 12.8 Å². The number of amides is 1. The molecule has 2 aromatic rings. The lowest BCUT2D eigenvalue weighted by molar-refractivity contribution is -0.119. The molecule has 1 aromatic carbocycles. The molecule has 1 aromatic heterocycles. The van der Waals surface area contributed by atoms with E-state index in [2.05, 4.69) is 15.0 Å². The van der Waals surface area contributed by atoms with Gasteiger partial charge >= 0.3 is 0 Å². The number of nitrogens with two attached hydrogens (primary N) is 1. The molecule has 0 bridgehead atoms. The van der Waals surface area contributed by atoms with Gasteiger partial charge in [-0.25, -0.2) is 13.4 Å². The van der Waals surface area contributed by atoms with Crippen LogP contribution in [0.4, 0.5) is 10.8 Å². The minimum atomic E-state index is -3.78. The SMILES string of the molecule is NC(C(=O)Nc1cccc(S(=O)(=O)Nc2nccs2)c1)C1CCOCC1. The number of sulfonamides is 1. The minimum Gasteiger partial charge on any atom is -0.381 e. The van der Waals surface area contributed by atoms with E-state index in [1.807, 2.05) is 0 Å². The van der Waals surface area contributed by atoms with Gasteiger partial charge < -0.3 is 15.8 Å². The average molecular weight is 396 g/mol. The highest BCUT2D eigenvalue weighted by atomic mass is 32.2. The molecule has 1 unspecified atom stereocenters. The fourth-order valence-electron chi connectivity index (χ4n) is 2.70. The zero-order valence-electron chi connectivity index (χ0n) is 13.9. The summed E-state index contributed by atoms with van der Waals surface area (Å²) < 4.78 is 32.5. The molecule has 1 saturated heterocycles. The lowest BCUT2D eigenvalue weighted by Gasteiger charge is -2.26. The van der Waals surface area contributed by atoms with Crippen LogP contribution in [0.25, 0.3) is 0 Å². The van der Waals surface area contributed by atoms with E-state index in [0.717, 1.165) is 12.8 Å². The van der Waals surface area contributed by atoms with E-state index in [4.69, 9.17) is 10.5 Å². The predicted molar refractivity (Wildman–Crippen MR) is 99.5 cm³/mol. The standard InChI is InChI=1S/C16H20N4O4S2/c17-14(11-4-7-24-8-5-11)15(21)19-12-2-1-3-13(10-12)26(22,23)20-16-18-6-9-25-16/h1-3,6,9-11,14H,4-5,7-8,17H2,(H,18,20)(H,19,21). The van der Waals surface area contributed by atoms with Crippen LogP contribution in [0, 0.1) is 5.92 Å². The van der Waals surface area contributed by atoms with Crippen LogP contribution in [0.5, 0.6) is 0 Å². The maximum atomic E-state index is 12.4. The number of benzene rings is 1. The van der Waals surface area contributed by atoms with Crippen LogP contribution in [-0.4, -0.2) is 38.6 Å². The maximum absolute atomic E-state index is 12.4. The number of hydrogen-bond acceptors (Lipinski definition) is 7. The average Bonchev–Trinajstić information content (AvgIpc) is 3.14. The summed E-state index contributed by atoms with van der Waals surface area (Å²) in [5.74, 6) is -0.276. The van der Waals surface area contributed by atoms with Crippen molar-refractivity contribution in [2.75, 3.05) is 23.3 Å². The molecule has 3 rings (SSSR count). The molecule has 0 saturated carbocycles. The molecule has 0 aliphatic carbocycles. The normalized spacial score (nSPS) is 16.8. The van der Waals surface area contributed by atoms with Crippen molar-refractivity contribution in [3.8, 4) is 0 Å². The fraction of sp³-hybridized carbons (Fsp3) is 0.375. The van der Waals surface area contributed by atoms with Crippen LogP contribution >= 0.6 is 11.3 Å². The summed E-state index contributed by atoms with van der Waals surface area (Å²) in [6.45, 7) is 1.20. The summed E-state index contributed by atoms with van der Waals surface area (Å²) in [5.41, 5.74) is 6.42. The van der Waals surface area contributed by atoms with Gasteiger partial charge in [0.2, 0.25) is 5.91 Å². The van der Waals surface area contributed by atoms with Gasteiger partial charge in [0.25, 0.3) is 10.0 Å². The van der Waals surface area contributed by atoms with E-state index in [0.29, 0.717) is 18.9 Å². The van der Waals surface area contributed by atoms with Crippen molar-refractivity contribution in [1.82, 2.24) is 4.98 Å². The maximum Gasteiger partial charge on any atom is 0.263 e. The number of anilines is 2. The Labute approximate surface area is 155 Å². The van der Waals surface area contributed by atoms with Crippen LogP contribution in [0.2, 0.25) is 0 Å². The molecular formula is C16H20N4O4S2. The van der Waals surface area contributed by atoms with E-state index in [1.54, 1.807) is 17.5 Å². The summed E-state index contributed by atoms with van der Waals surface area (Å²) >= 11 is 1.18. The first-order valence-corrected chi connectivity index (χ1v) is 10.5. The molecule has 1 atom stereocenters. The van der Waals surface area contributed by atoms with Crippen molar-refractivity contribution in [1.29, 1.82) is 0 Å². The molecule has 2 heterocycles. The summed E-state index contributed by atoms with van der Waals surface area (Å²) in [5, 5.41) is 4.65. The lowest BCUT2D eigenvalue weighted by Crippen LogP contribution is -2.44. The summed E-state index contributed by atoms with van der Waals surface area (Å²) in [7, 11) is -3.78. The molecule has 140 valence electrons. The predicted octanol–water partition coefficient (Wildman–Crippen LogP) is 1.64. The van der Waals surface area contributed by atoms with Gasteiger partial charge in [0.15, 0.2) is 5.13 Å². The molecule has 0 radical (unpaired) electrons. The Morgan fingerprint density at radius 3 is 2.81 bits per heavy atom. The fourth-order valence-corrected chi connectivity index (χ4v) is 4.54. The number of aromatic nitrogens is 1. The molecule has 1 aliphatic heterocycles. The third kappa shape index (κ3) is 4.58. The lowest BCUT2D eigenvalue weighted by atomic mass is 9.92. The molecule has 0 spiro atoms. The van der Waals surface area contributed by atoms with Crippen molar-refractivity contribution in [3.05, 3.63) is 35.8 Å². The van der Waals surface area contributed by atoms with Crippen LogP contribution in [-0.2, 0) is 19.6 Å². The molecule has 26 heavy (non-hydrogen) atoms. The Hall–Kier alpha value is -2.01. The van der Waals surface area contributed by atoms with E-state index in [-0.39, 0.29) is 21.9 Å². The van der Waals surface area contributed by atoms with Crippen molar-refractivity contribution in [2.45, 2.75) is 23.8 Å². The molecule has 8 nitrogen and oxygen atoms in total. The second-order valence-corrected chi connectivity index (χ2v) is 8.51. The van der Waals surface area contributed by atoms with Crippen LogP contribution in [0.3, 0.4) is 0 Å². The smallest absolute Gasteiger partial charge is 0.263 e. The highest BCUT2D eigenvalue weighted by Gasteiger charge is 2.27. The molecular weight excluding hydrogens is 376 g/mol. The van der Waals surface area contributed by atoms with E-state index < -0.39 is 16.1 Å². The highest BCUT2D eigenvalue weighted by molar-refractivity contribution is 7.93.